The van der Waals surface area contributed by atoms with Crippen LogP contribution in [0, 0.1) is 10.1 Å². The van der Waals surface area contributed by atoms with Gasteiger partial charge in [0.25, 0.3) is 11.6 Å². The molecule has 1 aliphatic heterocycles. The van der Waals surface area contributed by atoms with E-state index in [-0.39, 0.29) is 28.2 Å². The molecule has 1 aromatic heterocycles. The number of anilines is 1. The van der Waals surface area contributed by atoms with Crippen LogP contribution in [0.15, 0.2) is 60.0 Å². The van der Waals surface area contributed by atoms with Gasteiger partial charge in [0.2, 0.25) is 0 Å². The second kappa shape index (κ2) is 8.23. The van der Waals surface area contributed by atoms with Crippen LogP contribution in [0.25, 0.3) is 0 Å². The molecule has 0 spiro atoms. The normalized spacial score (nSPS) is 13.8. The summed E-state index contributed by atoms with van der Waals surface area (Å²) in [5.74, 6) is -0.362. The third-order valence-electron chi connectivity index (χ3n) is 5.03. The smallest absolute Gasteiger partial charge is 0.288 e. The van der Waals surface area contributed by atoms with Gasteiger partial charge < -0.3 is 10.2 Å². The fourth-order valence-electron chi connectivity index (χ4n) is 3.62. The minimum absolute atomic E-state index is 0.00936. The molecule has 1 amide bonds. The van der Waals surface area contributed by atoms with E-state index in [1.54, 1.807) is 11.3 Å². The van der Waals surface area contributed by atoms with Gasteiger partial charge in [-0.2, -0.15) is 0 Å². The summed E-state index contributed by atoms with van der Waals surface area (Å²) in [6.45, 7) is 1.27. The number of amides is 1. The quantitative estimate of drug-likeness (QED) is 0.451. The van der Waals surface area contributed by atoms with Crippen LogP contribution in [0.5, 0.6) is 0 Å². The highest BCUT2D eigenvalue weighted by Gasteiger charge is 2.28. The number of para-hydroxylation sites is 1. The number of benzene rings is 2. The van der Waals surface area contributed by atoms with Gasteiger partial charge in [0.05, 0.1) is 11.0 Å². The highest BCUT2D eigenvalue weighted by molar-refractivity contribution is 7.10. The van der Waals surface area contributed by atoms with Gasteiger partial charge in [-0.05, 0) is 41.6 Å². The second-order valence-electron chi connectivity index (χ2n) is 6.74. The zero-order valence-electron chi connectivity index (χ0n) is 15.4. The van der Waals surface area contributed by atoms with Crippen LogP contribution < -0.4 is 10.2 Å². The lowest BCUT2D eigenvalue weighted by Crippen LogP contribution is -2.37. The number of halogens is 1. The molecule has 4 rings (SSSR count). The Kier molecular flexibility index (Phi) is 5.51. The van der Waals surface area contributed by atoms with E-state index in [9.17, 15) is 14.9 Å². The predicted molar refractivity (Wildman–Crippen MR) is 115 cm³/mol. The monoisotopic (exact) mass is 427 g/mol. The number of fused-ring (bicyclic) bond motifs is 1. The summed E-state index contributed by atoms with van der Waals surface area (Å²) < 4.78 is 0. The van der Waals surface area contributed by atoms with E-state index in [1.807, 2.05) is 23.6 Å². The summed E-state index contributed by atoms with van der Waals surface area (Å²) in [5, 5.41) is 16.1. The van der Waals surface area contributed by atoms with E-state index in [1.165, 1.54) is 29.4 Å². The summed E-state index contributed by atoms with van der Waals surface area (Å²) in [5.41, 5.74) is 2.42. The Balaban J connectivity index is 1.55. The summed E-state index contributed by atoms with van der Waals surface area (Å²) in [4.78, 5) is 26.6. The average molecular weight is 428 g/mol. The molecule has 0 aliphatic carbocycles. The highest BCUT2D eigenvalue weighted by Crippen LogP contribution is 2.36. The molecule has 2 aromatic carbocycles. The molecule has 0 bridgehead atoms. The molecule has 3 aromatic rings. The largest absolute Gasteiger partial charge is 0.361 e. The number of hydrogen-bond donors (Lipinski definition) is 1. The maximum atomic E-state index is 12.7. The van der Waals surface area contributed by atoms with E-state index in [4.69, 9.17) is 11.6 Å². The molecule has 0 saturated heterocycles. The van der Waals surface area contributed by atoms with Crippen LogP contribution in [0.2, 0.25) is 5.02 Å². The molecule has 1 atom stereocenters. The van der Waals surface area contributed by atoms with Crippen LogP contribution in [-0.2, 0) is 6.42 Å². The fraction of sp³-hybridized carbons (Fsp3) is 0.190. The van der Waals surface area contributed by atoms with Crippen LogP contribution >= 0.6 is 22.9 Å². The third-order valence-corrected chi connectivity index (χ3v) is 6.33. The summed E-state index contributed by atoms with van der Waals surface area (Å²) in [6, 6.07) is 16.4. The number of carbonyl (C=O) groups is 1. The number of carbonyl (C=O) groups excluding carboxylic acids is 1. The first-order valence-corrected chi connectivity index (χ1v) is 10.4. The van der Waals surface area contributed by atoms with E-state index >= 15 is 0 Å². The molecule has 0 fully saturated rings. The molecular formula is C21H18ClN3O3S. The van der Waals surface area contributed by atoms with Gasteiger partial charge in [-0.25, -0.2) is 0 Å². The van der Waals surface area contributed by atoms with E-state index in [0.29, 0.717) is 6.54 Å². The Hall–Kier alpha value is -2.90. The number of rotatable bonds is 6. The van der Waals surface area contributed by atoms with Crippen molar-refractivity contribution >= 4 is 40.2 Å². The van der Waals surface area contributed by atoms with E-state index < -0.39 is 4.92 Å². The Labute approximate surface area is 176 Å². The first kappa shape index (κ1) is 19.4. The van der Waals surface area contributed by atoms with Crippen molar-refractivity contribution in [1.82, 2.24) is 5.32 Å². The number of thiophene rings is 1. The Morgan fingerprint density at radius 3 is 2.83 bits per heavy atom. The lowest BCUT2D eigenvalue weighted by Gasteiger charge is -2.30. The average Bonchev–Trinajstić information content (AvgIpc) is 3.39. The second-order valence-corrected chi connectivity index (χ2v) is 8.12. The standard InChI is InChI=1S/C21H18ClN3O3S/c22-16-8-7-15(12-18(16)25(27)28)21(26)23-13-19(20-6-3-11-29-20)24-10-9-14-4-1-2-5-17(14)24/h1-8,11-12,19H,9-10,13H2,(H,23,26)/t19-/m1/s1. The molecule has 0 radical (unpaired) electrons. The minimum Gasteiger partial charge on any atom is -0.361 e. The van der Waals surface area contributed by atoms with Crippen molar-refractivity contribution in [3.63, 3.8) is 0 Å². The molecule has 1 aliphatic rings. The van der Waals surface area contributed by atoms with Gasteiger partial charge in [0.1, 0.15) is 5.02 Å². The topological polar surface area (TPSA) is 75.5 Å². The number of nitrogens with zero attached hydrogens (tertiary/aromatic N) is 2. The minimum atomic E-state index is -0.589. The van der Waals surface area contributed by atoms with Crippen LogP contribution in [0.4, 0.5) is 11.4 Å². The summed E-state index contributed by atoms with van der Waals surface area (Å²) in [7, 11) is 0. The van der Waals surface area contributed by atoms with Gasteiger partial charge in [-0.3, -0.25) is 14.9 Å². The van der Waals surface area contributed by atoms with E-state index in [2.05, 4.69) is 28.4 Å². The zero-order chi connectivity index (χ0) is 20.4. The molecule has 1 N–H and O–H groups in total. The van der Waals surface area contributed by atoms with E-state index in [0.717, 1.165) is 17.8 Å². The Bertz CT molecular complexity index is 1060. The SMILES string of the molecule is O=C(NC[C@H](c1cccs1)N1CCc2ccccc21)c1ccc(Cl)c([N+](=O)[O-])c1. The number of nitro groups is 1. The van der Waals surface area contributed by atoms with Gasteiger partial charge >= 0.3 is 0 Å². The fourth-order valence-corrected chi connectivity index (χ4v) is 4.64. The van der Waals surface area contributed by atoms with Gasteiger partial charge in [0, 0.05) is 35.3 Å². The highest BCUT2D eigenvalue weighted by atomic mass is 35.5. The number of nitro benzene ring substituents is 1. The van der Waals surface area contributed by atoms with Gasteiger partial charge in [-0.15, -0.1) is 11.3 Å². The Morgan fingerprint density at radius 1 is 1.24 bits per heavy atom. The lowest BCUT2D eigenvalue weighted by atomic mass is 10.1. The predicted octanol–water partition coefficient (Wildman–Crippen LogP) is 4.84. The summed E-state index contributed by atoms with van der Waals surface area (Å²) >= 11 is 7.49. The maximum Gasteiger partial charge on any atom is 0.288 e. The van der Waals surface area contributed by atoms with Crippen molar-refractivity contribution in [2.24, 2.45) is 0 Å². The zero-order valence-corrected chi connectivity index (χ0v) is 16.9. The maximum absolute atomic E-state index is 12.7. The number of hydrogen-bond acceptors (Lipinski definition) is 5. The summed E-state index contributed by atoms with van der Waals surface area (Å²) in [6.07, 6.45) is 0.968. The molecule has 2 heterocycles. The van der Waals surface area contributed by atoms with Crippen molar-refractivity contribution < 1.29 is 9.72 Å². The first-order chi connectivity index (χ1) is 14.0. The van der Waals surface area contributed by atoms with Crippen molar-refractivity contribution in [3.8, 4) is 0 Å². The van der Waals surface area contributed by atoms with Crippen LogP contribution in [0.3, 0.4) is 0 Å². The molecule has 8 heteroatoms. The first-order valence-electron chi connectivity index (χ1n) is 9.14. The number of nitrogens with one attached hydrogen (secondary N) is 1. The Morgan fingerprint density at radius 2 is 2.07 bits per heavy atom. The van der Waals surface area contributed by atoms with Crippen molar-refractivity contribution in [2.75, 3.05) is 18.0 Å². The molecular weight excluding hydrogens is 410 g/mol. The molecule has 0 unspecified atom stereocenters. The molecule has 29 heavy (non-hydrogen) atoms. The van der Waals surface area contributed by atoms with Gasteiger partial charge in [0.15, 0.2) is 0 Å². The molecule has 0 saturated carbocycles. The van der Waals surface area contributed by atoms with Crippen LogP contribution in [0.1, 0.15) is 26.8 Å². The van der Waals surface area contributed by atoms with Crippen molar-refractivity contribution in [2.45, 2.75) is 12.5 Å². The third kappa shape index (κ3) is 3.97. The molecule has 148 valence electrons. The molecule has 6 nitrogen and oxygen atoms in total. The van der Waals surface area contributed by atoms with Crippen molar-refractivity contribution in [1.29, 1.82) is 0 Å². The van der Waals surface area contributed by atoms with Crippen LogP contribution in [-0.4, -0.2) is 23.9 Å². The van der Waals surface area contributed by atoms with Crippen molar-refractivity contribution in [3.05, 3.63) is 91.1 Å². The van der Waals surface area contributed by atoms with Gasteiger partial charge in [-0.1, -0.05) is 35.9 Å². The lowest BCUT2D eigenvalue weighted by molar-refractivity contribution is -0.384.